The Morgan fingerprint density at radius 3 is 2.21 bits per heavy atom. The first-order chi connectivity index (χ1) is 9.02. The Hall–Kier alpha value is -2.13. The third kappa shape index (κ3) is 2.83. The molecule has 0 saturated heterocycles. The summed E-state index contributed by atoms with van der Waals surface area (Å²) in [7, 11) is 0. The summed E-state index contributed by atoms with van der Waals surface area (Å²) in [5, 5.41) is 9.49. The molecule has 0 saturated carbocycles. The zero-order chi connectivity index (χ0) is 13.9. The lowest BCUT2D eigenvalue weighted by atomic mass is 9.84. The van der Waals surface area contributed by atoms with Crippen LogP contribution in [-0.2, 0) is 16.8 Å². The van der Waals surface area contributed by atoms with Crippen LogP contribution in [0.5, 0.6) is 0 Å². The van der Waals surface area contributed by atoms with Gasteiger partial charge in [0.2, 0.25) is 0 Å². The maximum Gasteiger partial charge on any atom is 0.328 e. The van der Waals surface area contributed by atoms with E-state index < -0.39 is 11.5 Å². The van der Waals surface area contributed by atoms with E-state index in [9.17, 15) is 9.90 Å². The predicted octanol–water partition coefficient (Wildman–Crippen LogP) is 2.48. The molecular formula is C16H17NO2. The molecule has 19 heavy (non-hydrogen) atoms. The minimum absolute atomic E-state index is 0.270. The van der Waals surface area contributed by atoms with Gasteiger partial charge in [-0.15, -0.1) is 0 Å². The van der Waals surface area contributed by atoms with Gasteiger partial charge in [0.05, 0.1) is 0 Å². The Bertz CT molecular complexity index is 563. The second-order valence-corrected chi connectivity index (χ2v) is 4.80. The van der Waals surface area contributed by atoms with Crippen molar-refractivity contribution in [2.24, 2.45) is 5.73 Å². The van der Waals surface area contributed by atoms with Crippen molar-refractivity contribution in [2.75, 3.05) is 0 Å². The largest absolute Gasteiger partial charge is 0.480 e. The molecule has 0 aliphatic carbocycles. The first-order valence-corrected chi connectivity index (χ1v) is 6.16. The molecule has 98 valence electrons. The molecule has 0 aliphatic rings. The fourth-order valence-electron chi connectivity index (χ4n) is 2.07. The Morgan fingerprint density at radius 2 is 1.68 bits per heavy atom. The van der Waals surface area contributed by atoms with Gasteiger partial charge in [0.25, 0.3) is 0 Å². The van der Waals surface area contributed by atoms with E-state index in [1.807, 2.05) is 49.4 Å². The minimum Gasteiger partial charge on any atom is -0.480 e. The number of nitrogens with two attached hydrogens (primary N) is 1. The van der Waals surface area contributed by atoms with Crippen LogP contribution in [0.15, 0.2) is 54.6 Å². The van der Waals surface area contributed by atoms with Gasteiger partial charge in [-0.2, -0.15) is 0 Å². The van der Waals surface area contributed by atoms with Gasteiger partial charge in [0.1, 0.15) is 5.54 Å². The zero-order valence-electron chi connectivity index (χ0n) is 10.8. The van der Waals surface area contributed by atoms with Crippen molar-refractivity contribution in [1.82, 2.24) is 0 Å². The lowest BCUT2D eigenvalue weighted by molar-refractivity contribution is -0.143. The van der Waals surface area contributed by atoms with Gasteiger partial charge < -0.3 is 10.8 Å². The average molecular weight is 255 g/mol. The van der Waals surface area contributed by atoms with Gasteiger partial charge in [-0.3, -0.25) is 0 Å². The van der Waals surface area contributed by atoms with Crippen LogP contribution in [0.3, 0.4) is 0 Å². The molecule has 0 aliphatic heterocycles. The van der Waals surface area contributed by atoms with E-state index in [1.54, 1.807) is 12.1 Å². The van der Waals surface area contributed by atoms with E-state index in [1.165, 1.54) is 0 Å². The SMILES string of the molecule is Cc1ccc([C@](N)(Cc2ccccc2)C(=O)O)cc1. The van der Waals surface area contributed by atoms with Gasteiger partial charge in [-0.05, 0) is 18.1 Å². The molecule has 3 N–H and O–H groups in total. The molecule has 3 heteroatoms. The van der Waals surface area contributed by atoms with E-state index in [4.69, 9.17) is 5.73 Å². The van der Waals surface area contributed by atoms with E-state index >= 15 is 0 Å². The highest BCUT2D eigenvalue weighted by molar-refractivity contribution is 5.81. The molecule has 2 aromatic rings. The molecule has 0 aromatic heterocycles. The monoisotopic (exact) mass is 255 g/mol. The Balaban J connectivity index is 2.38. The van der Waals surface area contributed by atoms with Crippen LogP contribution in [0.4, 0.5) is 0 Å². The summed E-state index contributed by atoms with van der Waals surface area (Å²) in [5.41, 5.74) is 7.36. The Morgan fingerprint density at radius 1 is 1.11 bits per heavy atom. The first kappa shape index (κ1) is 13.3. The van der Waals surface area contributed by atoms with Crippen molar-refractivity contribution < 1.29 is 9.90 Å². The molecule has 0 fully saturated rings. The molecule has 2 aromatic carbocycles. The van der Waals surface area contributed by atoms with E-state index in [2.05, 4.69) is 0 Å². The molecule has 3 nitrogen and oxygen atoms in total. The number of carbonyl (C=O) groups is 1. The van der Waals surface area contributed by atoms with Crippen molar-refractivity contribution >= 4 is 5.97 Å². The molecule has 0 spiro atoms. The maximum atomic E-state index is 11.6. The number of aryl methyl sites for hydroxylation is 1. The minimum atomic E-state index is -1.39. The molecule has 0 radical (unpaired) electrons. The quantitative estimate of drug-likeness (QED) is 0.882. The van der Waals surface area contributed by atoms with E-state index in [-0.39, 0.29) is 6.42 Å². The molecule has 1 atom stereocenters. The van der Waals surface area contributed by atoms with Crippen LogP contribution in [0, 0.1) is 6.92 Å². The second-order valence-electron chi connectivity index (χ2n) is 4.80. The topological polar surface area (TPSA) is 63.3 Å². The maximum absolute atomic E-state index is 11.6. The normalized spacial score (nSPS) is 13.8. The number of rotatable bonds is 4. The number of hydrogen-bond acceptors (Lipinski definition) is 2. The van der Waals surface area contributed by atoms with Crippen LogP contribution < -0.4 is 5.73 Å². The first-order valence-electron chi connectivity index (χ1n) is 6.16. The fraction of sp³-hybridized carbons (Fsp3) is 0.188. The molecule has 0 heterocycles. The van der Waals surface area contributed by atoms with Crippen molar-refractivity contribution in [2.45, 2.75) is 18.9 Å². The summed E-state index contributed by atoms with van der Waals surface area (Å²) in [5.74, 6) is -1.01. The third-order valence-electron chi connectivity index (χ3n) is 3.27. The summed E-state index contributed by atoms with van der Waals surface area (Å²) in [6, 6.07) is 16.8. The van der Waals surface area contributed by atoms with Crippen LogP contribution in [0.2, 0.25) is 0 Å². The average Bonchev–Trinajstić information content (AvgIpc) is 2.40. The second kappa shape index (κ2) is 5.24. The molecule has 2 rings (SSSR count). The Labute approximate surface area is 112 Å². The van der Waals surface area contributed by atoms with E-state index in [0.29, 0.717) is 5.56 Å². The standard InChI is InChI=1S/C16H17NO2/c1-12-7-9-14(10-8-12)16(17,15(18)19)11-13-5-3-2-4-6-13/h2-10H,11,17H2,1H3,(H,18,19)/t16-/m1/s1. The van der Waals surface area contributed by atoms with Gasteiger partial charge >= 0.3 is 5.97 Å². The van der Waals surface area contributed by atoms with Crippen molar-refractivity contribution in [3.63, 3.8) is 0 Å². The van der Waals surface area contributed by atoms with Crippen molar-refractivity contribution in [3.8, 4) is 0 Å². The number of aliphatic carboxylic acids is 1. The lowest BCUT2D eigenvalue weighted by Gasteiger charge is -2.25. The fourth-order valence-corrected chi connectivity index (χ4v) is 2.07. The summed E-state index contributed by atoms with van der Waals surface area (Å²) in [6.07, 6.45) is 0.270. The van der Waals surface area contributed by atoms with Crippen molar-refractivity contribution in [1.29, 1.82) is 0 Å². The number of carboxylic acid groups (broad SMARTS) is 1. The Kier molecular flexibility index (Phi) is 3.67. The number of carboxylic acids is 1. The van der Waals surface area contributed by atoms with E-state index in [0.717, 1.165) is 11.1 Å². The third-order valence-corrected chi connectivity index (χ3v) is 3.27. The summed E-state index contributed by atoms with van der Waals surface area (Å²) < 4.78 is 0. The highest BCUT2D eigenvalue weighted by atomic mass is 16.4. The number of benzene rings is 2. The lowest BCUT2D eigenvalue weighted by Crippen LogP contribution is -2.46. The van der Waals surface area contributed by atoms with Gasteiger partial charge in [-0.25, -0.2) is 4.79 Å². The molecular weight excluding hydrogens is 238 g/mol. The summed E-state index contributed by atoms with van der Waals surface area (Å²) in [4.78, 5) is 11.6. The smallest absolute Gasteiger partial charge is 0.328 e. The van der Waals surface area contributed by atoms with Gasteiger partial charge in [0, 0.05) is 6.42 Å². The molecule has 0 unspecified atom stereocenters. The summed E-state index contributed by atoms with van der Waals surface area (Å²) >= 11 is 0. The highest BCUT2D eigenvalue weighted by Gasteiger charge is 2.36. The highest BCUT2D eigenvalue weighted by Crippen LogP contribution is 2.24. The van der Waals surface area contributed by atoms with Crippen LogP contribution in [0.1, 0.15) is 16.7 Å². The molecule has 0 amide bonds. The number of hydrogen-bond donors (Lipinski definition) is 2. The van der Waals surface area contributed by atoms with Gasteiger partial charge in [0.15, 0.2) is 0 Å². The molecule has 0 bridgehead atoms. The summed E-state index contributed by atoms with van der Waals surface area (Å²) in [6.45, 7) is 1.96. The predicted molar refractivity (Wildman–Crippen MR) is 74.8 cm³/mol. The van der Waals surface area contributed by atoms with Crippen LogP contribution in [0.25, 0.3) is 0 Å². The van der Waals surface area contributed by atoms with Crippen LogP contribution >= 0.6 is 0 Å². The van der Waals surface area contributed by atoms with Crippen LogP contribution in [-0.4, -0.2) is 11.1 Å². The van der Waals surface area contributed by atoms with Gasteiger partial charge in [-0.1, -0.05) is 60.2 Å². The zero-order valence-corrected chi connectivity index (χ0v) is 10.8. The van der Waals surface area contributed by atoms with Crippen molar-refractivity contribution in [3.05, 3.63) is 71.3 Å².